The van der Waals surface area contributed by atoms with Crippen LogP contribution in [0.3, 0.4) is 0 Å². The number of carbonyl (C=O) groups excluding carboxylic acids is 1. The fourth-order valence-electron chi connectivity index (χ4n) is 3.78. The first kappa shape index (κ1) is 28.3. The van der Waals surface area contributed by atoms with E-state index in [9.17, 15) is 22.0 Å². The predicted octanol–water partition coefficient (Wildman–Crippen LogP) is 1.43. The molecule has 200 valence electrons. The molecule has 36 heavy (non-hydrogen) atoms. The van der Waals surface area contributed by atoms with Crippen molar-refractivity contribution in [2.24, 2.45) is 0 Å². The highest BCUT2D eigenvalue weighted by atomic mass is 32.2. The number of aromatic nitrogens is 1. The lowest BCUT2D eigenvalue weighted by Gasteiger charge is -2.31. The van der Waals surface area contributed by atoms with Crippen molar-refractivity contribution in [3.05, 3.63) is 40.3 Å². The van der Waals surface area contributed by atoms with Gasteiger partial charge in [-0.2, -0.15) is 0 Å². The van der Waals surface area contributed by atoms with Crippen LogP contribution in [0.5, 0.6) is 0 Å². The minimum Gasteiger partial charge on any atom is -0.394 e. The van der Waals surface area contributed by atoms with Crippen LogP contribution in [0.15, 0.2) is 18.2 Å². The molecule has 2 aromatic rings. The number of aliphatic hydroxyl groups is 1. The Balaban J connectivity index is 1.46. The fourth-order valence-corrected chi connectivity index (χ4v) is 6.22. The average molecular weight is 548 g/mol. The number of thiazole rings is 1. The number of ketones is 1. The summed E-state index contributed by atoms with van der Waals surface area (Å²) in [5.74, 6) is -2.90. The fraction of sp³-hybridized carbons (Fsp3) is 0.545. The molecule has 0 spiro atoms. The number of sulfonamides is 1. The van der Waals surface area contributed by atoms with Crippen LogP contribution in [-0.4, -0.2) is 86.4 Å². The number of hydrogen-bond acceptors (Lipinski definition) is 10. The molecule has 1 aromatic heterocycles. The second kappa shape index (κ2) is 13.4. The number of anilines is 2. The number of hydrogen-bond donors (Lipinski definition) is 4. The van der Waals surface area contributed by atoms with Gasteiger partial charge in [-0.05, 0) is 37.9 Å². The third-order valence-corrected chi connectivity index (χ3v) is 8.60. The summed E-state index contributed by atoms with van der Waals surface area (Å²) in [7, 11) is -3.38. The third kappa shape index (κ3) is 7.63. The third-order valence-electron chi connectivity index (χ3n) is 5.64. The molecular formula is C22H31F2N5O5S2. The smallest absolute Gasteiger partial charge is 0.214 e. The number of ether oxygens (including phenoxy) is 1. The molecule has 14 heteroatoms. The highest BCUT2D eigenvalue weighted by molar-refractivity contribution is 7.89. The topological polar surface area (TPSA) is 147 Å². The quantitative estimate of drug-likeness (QED) is 0.204. The van der Waals surface area contributed by atoms with E-state index in [0.29, 0.717) is 57.2 Å². The van der Waals surface area contributed by atoms with Crippen LogP contribution in [-0.2, 0) is 14.8 Å². The van der Waals surface area contributed by atoms with E-state index < -0.39 is 33.0 Å². The number of benzene rings is 1. The zero-order chi connectivity index (χ0) is 26.1. The van der Waals surface area contributed by atoms with Crippen molar-refractivity contribution in [1.82, 2.24) is 14.6 Å². The van der Waals surface area contributed by atoms with E-state index in [1.165, 1.54) is 10.4 Å². The minimum absolute atomic E-state index is 0.0280. The lowest BCUT2D eigenvalue weighted by atomic mass is 10.1. The van der Waals surface area contributed by atoms with Gasteiger partial charge in [-0.15, -0.1) is 0 Å². The molecular weight excluding hydrogens is 516 g/mol. The number of halogens is 2. The van der Waals surface area contributed by atoms with Crippen LogP contribution in [0.1, 0.15) is 34.5 Å². The van der Waals surface area contributed by atoms with Gasteiger partial charge in [0.1, 0.15) is 22.3 Å². The van der Waals surface area contributed by atoms with Crippen molar-refractivity contribution in [2.45, 2.75) is 25.3 Å². The van der Waals surface area contributed by atoms with Gasteiger partial charge in [0.05, 0.1) is 31.1 Å². The van der Waals surface area contributed by atoms with E-state index in [1.807, 2.05) is 0 Å². The first-order valence-electron chi connectivity index (χ1n) is 11.6. The second-order valence-electron chi connectivity index (χ2n) is 8.23. The average Bonchev–Trinajstić information content (AvgIpc) is 3.20. The predicted molar refractivity (Wildman–Crippen MR) is 134 cm³/mol. The van der Waals surface area contributed by atoms with Gasteiger partial charge in [0.15, 0.2) is 5.13 Å². The van der Waals surface area contributed by atoms with Crippen LogP contribution in [0.4, 0.5) is 19.7 Å². The molecule has 0 atom stereocenters. The first-order valence-corrected chi connectivity index (χ1v) is 14.0. The van der Waals surface area contributed by atoms with E-state index >= 15 is 0 Å². The molecule has 1 fully saturated rings. The van der Waals surface area contributed by atoms with Crippen molar-refractivity contribution >= 4 is 38.1 Å². The van der Waals surface area contributed by atoms with Crippen LogP contribution in [0.2, 0.25) is 0 Å². The molecule has 0 amide bonds. The summed E-state index contributed by atoms with van der Waals surface area (Å²) in [5, 5.41) is 15.2. The summed E-state index contributed by atoms with van der Waals surface area (Å²) < 4.78 is 59.9. The molecule has 0 radical (unpaired) electrons. The van der Waals surface area contributed by atoms with E-state index in [4.69, 9.17) is 15.6 Å². The molecule has 5 N–H and O–H groups in total. The van der Waals surface area contributed by atoms with Gasteiger partial charge in [0, 0.05) is 25.7 Å². The molecule has 3 rings (SSSR count). The Morgan fingerprint density at radius 2 is 1.92 bits per heavy atom. The van der Waals surface area contributed by atoms with Crippen molar-refractivity contribution in [2.75, 3.05) is 62.8 Å². The zero-order valence-electron chi connectivity index (χ0n) is 19.7. The highest BCUT2D eigenvalue weighted by Crippen LogP contribution is 2.30. The summed E-state index contributed by atoms with van der Waals surface area (Å²) in [4.78, 5) is 16.7. The van der Waals surface area contributed by atoms with Crippen molar-refractivity contribution in [1.29, 1.82) is 0 Å². The number of nitrogen functional groups attached to an aromatic ring is 1. The van der Waals surface area contributed by atoms with Gasteiger partial charge in [-0.3, -0.25) is 4.79 Å². The summed E-state index contributed by atoms with van der Waals surface area (Å²) >= 11 is 0.911. The van der Waals surface area contributed by atoms with E-state index in [0.717, 1.165) is 23.5 Å². The van der Waals surface area contributed by atoms with Crippen LogP contribution in [0, 0.1) is 11.6 Å². The molecule has 0 aliphatic carbocycles. The molecule has 2 heterocycles. The Morgan fingerprint density at radius 3 is 2.58 bits per heavy atom. The molecule has 1 aromatic carbocycles. The maximum absolute atomic E-state index is 14.0. The van der Waals surface area contributed by atoms with Gasteiger partial charge in [0.25, 0.3) is 0 Å². The molecule has 1 aliphatic heterocycles. The minimum atomic E-state index is -3.38. The first-order chi connectivity index (χ1) is 17.2. The summed E-state index contributed by atoms with van der Waals surface area (Å²) in [5.41, 5.74) is 5.17. The van der Waals surface area contributed by atoms with E-state index in [1.54, 1.807) is 0 Å². The van der Waals surface area contributed by atoms with E-state index in [2.05, 4.69) is 15.6 Å². The number of aliphatic hydroxyl groups excluding tert-OH is 1. The summed E-state index contributed by atoms with van der Waals surface area (Å²) in [6.07, 6.45) is 1.53. The Hall–Kier alpha value is -2.23. The molecule has 1 aliphatic rings. The van der Waals surface area contributed by atoms with Crippen LogP contribution < -0.4 is 16.4 Å². The molecule has 0 bridgehead atoms. The number of piperidine rings is 1. The second-order valence-corrected chi connectivity index (χ2v) is 11.3. The Kier molecular flexibility index (Phi) is 10.5. The number of nitrogens with two attached hydrogens (primary N) is 1. The summed E-state index contributed by atoms with van der Waals surface area (Å²) in [6, 6.07) is 3.09. The van der Waals surface area contributed by atoms with Crippen molar-refractivity contribution in [3.8, 4) is 0 Å². The standard InChI is InChI=1S/C22H31F2N5O5S2/c23-16-3-1-4-17(24)18(16)19(31)20-21(25)28-22(35-20)27-15-5-9-29(10-6-15)36(32,33)14-2-7-26-8-12-34-13-11-30/h1,3-4,15,26,30H,2,5-14,25H2,(H,27,28). The van der Waals surface area contributed by atoms with Gasteiger partial charge in [0.2, 0.25) is 15.8 Å². The van der Waals surface area contributed by atoms with Gasteiger partial charge >= 0.3 is 0 Å². The molecule has 10 nitrogen and oxygen atoms in total. The highest BCUT2D eigenvalue weighted by Gasteiger charge is 2.29. The number of nitrogens with one attached hydrogen (secondary N) is 2. The van der Waals surface area contributed by atoms with Crippen LogP contribution in [0.25, 0.3) is 0 Å². The normalized spacial score (nSPS) is 15.3. The van der Waals surface area contributed by atoms with Crippen LogP contribution >= 0.6 is 11.3 Å². The molecule has 0 unspecified atom stereocenters. The van der Waals surface area contributed by atoms with Crippen molar-refractivity contribution < 1.29 is 31.8 Å². The molecule has 0 saturated carbocycles. The maximum Gasteiger partial charge on any atom is 0.214 e. The van der Waals surface area contributed by atoms with Gasteiger partial charge in [-0.25, -0.2) is 26.5 Å². The number of nitrogens with zero attached hydrogens (tertiary/aromatic N) is 2. The van der Waals surface area contributed by atoms with Gasteiger partial charge < -0.3 is 26.2 Å². The zero-order valence-corrected chi connectivity index (χ0v) is 21.3. The largest absolute Gasteiger partial charge is 0.394 e. The maximum atomic E-state index is 14.0. The molecule has 1 saturated heterocycles. The SMILES string of the molecule is Nc1nc(NC2CCN(S(=O)(=O)CCCNCCOCCO)CC2)sc1C(=O)c1c(F)cccc1F. The Morgan fingerprint density at radius 1 is 1.22 bits per heavy atom. The Bertz CT molecular complexity index is 1100. The summed E-state index contributed by atoms with van der Waals surface area (Å²) in [6.45, 7) is 2.52. The lowest BCUT2D eigenvalue weighted by Crippen LogP contribution is -2.43. The van der Waals surface area contributed by atoms with Crippen molar-refractivity contribution in [3.63, 3.8) is 0 Å². The lowest BCUT2D eigenvalue weighted by molar-refractivity contribution is 0.0940. The van der Waals surface area contributed by atoms with E-state index in [-0.39, 0.29) is 35.7 Å². The monoisotopic (exact) mass is 547 g/mol. The Labute approximate surface area is 212 Å². The number of carbonyl (C=O) groups is 1. The number of rotatable bonds is 14. The van der Waals surface area contributed by atoms with Gasteiger partial charge in [-0.1, -0.05) is 17.4 Å².